The van der Waals surface area contributed by atoms with E-state index in [0.717, 1.165) is 23.6 Å². The van der Waals surface area contributed by atoms with Crippen LogP contribution < -0.4 is 14.8 Å². The number of benzene rings is 1. The number of hydrogen-bond acceptors (Lipinski definition) is 5. The van der Waals surface area contributed by atoms with Crippen LogP contribution in [0.1, 0.15) is 12.0 Å². The third-order valence-electron chi connectivity index (χ3n) is 3.74. The van der Waals surface area contributed by atoms with Gasteiger partial charge in [0.2, 0.25) is 5.91 Å². The second-order valence-corrected chi connectivity index (χ2v) is 5.44. The van der Waals surface area contributed by atoms with Crippen LogP contribution in [0.15, 0.2) is 36.9 Å². The summed E-state index contributed by atoms with van der Waals surface area (Å²) in [6.45, 7) is 2.34. The average Bonchev–Trinajstić information content (AvgIpc) is 3.16. The number of nitrogens with one attached hydrogen (secondary N) is 1. The first-order valence-electron chi connectivity index (χ1n) is 8.24. The number of imidazole rings is 1. The van der Waals surface area contributed by atoms with Crippen LogP contribution >= 0.6 is 0 Å². The highest BCUT2D eigenvalue weighted by Crippen LogP contribution is 2.25. The van der Waals surface area contributed by atoms with Gasteiger partial charge in [0.15, 0.2) is 0 Å². The molecule has 1 amide bonds. The molecule has 0 fully saturated rings. The van der Waals surface area contributed by atoms with Crippen LogP contribution in [0.25, 0.3) is 0 Å². The van der Waals surface area contributed by atoms with Crippen molar-refractivity contribution in [2.45, 2.75) is 19.4 Å². The molecule has 25 heavy (non-hydrogen) atoms. The summed E-state index contributed by atoms with van der Waals surface area (Å²) in [7, 11) is 3.22. The van der Waals surface area contributed by atoms with Crippen molar-refractivity contribution in [1.29, 1.82) is 0 Å². The lowest BCUT2D eigenvalue weighted by atomic mass is 10.1. The first kappa shape index (κ1) is 18.8. The predicted molar refractivity (Wildman–Crippen MR) is 93.9 cm³/mol. The Balaban J connectivity index is 1.60. The molecule has 0 saturated carbocycles. The van der Waals surface area contributed by atoms with Crippen molar-refractivity contribution in [2.24, 2.45) is 0 Å². The number of carbonyl (C=O) groups is 1. The number of amides is 1. The summed E-state index contributed by atoms with van der Waals surface area (Å²) < 4.78 is 17.9. The molecule has 0 aliphatic heterocycles. The van der Waals surface area contributed by atoms with Gasteiger partial charge in [-0.15, -0.1) is 0 Å². The highest BCUT2D eigenvalue weighted by atomic mass is 16.5. The maximum atomic E-state index is 11.9. The number of ether oxygens (including phenoxy) is 3. The highest BCUT2D eigenvalue weighted by molar-refractivity contribution is 5.76. The Hall–Kier alpha value is -2.54. The molecule has 2 rings (SSSR count). The molecular weight excluding hydrogens is 322 g/mol. The van der Waals surface area contributed by atoms with Gasteiger partial charge in [0.05, 0.1) is 33.8 Å². The van der Waals surface area contributed by atoms with Crippen LogP contribution in [0.4, 0.5) is 0 Å². The van der Waals surface area contributed by atoms with Crippen LogP contribution in [0.2, 0.25) is 0 Å². The van der Waals surface area contributed by atoms with Crippen LogP contribution in [0.5, 0.6) is 11.5 Å². The van der Waals surface area contributed by atoms with E-state index >= 15 is 0 Å². The highest BCUT2D eigenvalue weighted by Gasteiger charge is 2.08. The molecule has 136 valence electrons. The molecular formula is C18H25N3O4. The van der Waals surface area contributed by atoms with E-state index in [0.29, 0.717) is 32.6 Å². The SMILES string of the molecule is COc1ccc(CCC(=O)NCCOCCn2ccnc2)c(OC)c1. The van der Waals surface area contributed by atoms with Crippen molar-refractivity contribution in [3.05, 3.63) is 42.5 Å². The monoisotopic (exact) mass is 347 g/mol. The number of hydrogen-bond donors (Lipinski definition) is 1. The van der Waals surface area contributed by atoms with Gasteiger partial charge < -0.3 is 24.1 Å². The molecule has 0 aliphatic carbocycles. The lowest BCUT2D eigenvalue weighted by Crippen LogP contribution is -2.27. The second kappa shape index (κ2) is 10.4. The third kappa shape index (κ3) is 6.46. The van der Waals surface area contributed by atoms with E-state index < -0.39 is 0 Å². The zero-order valence-electron chi connectivity index (χ0n) is 14.7. The summed E-state index contributed by atoms with van der Waals surface area (Å²) in [4.78, 5) is 15.9. The van der Waals surface area contributed by atoms with Gasteiger partial charge in [-0.05, 0) is 18.1 Å². The maximum absolute atomic E-state index is 11.9. The number of aryl methyl sites for hydroxylation is 1. The molecule has 1 heterocycles. The number of rotatable bonds is 11. The lowest BCUT2D eigenvalue weighted by Gasteiger charge is -2.10. The molecule has 0 bridgehead atoms. The summed E-state index contributed by atoms with van der Waals surface area (Å²) in [6, 6.07) is 5.61. The molecule has 0 spiro atoms. The van der Waals surface area contributed by atoms with Gasteiger partial charge >= 0.3 is 0 Å². The Morgan fingerprint density at radius 2 is 2.12 bits per heavy atom. The first-order chi connectivity index (χ1) is 12.2. The molecule has 2 aromatic rings. The van der Waals surface area contributed by atoms with Gasteiger partial charge in [-0.1, -0.05) is 6.07 Å². The molecule has 7 nitrogen and oxygen atoms in total. The molecule has 7 heteroatoms. The Labute approximate surface area is 147 Å². The van der Waals surface area contributed by atoms with Gasteiger partial charge in [-0.25, -0.2) is 4.98 Å². The number of methoxy groups -OCH3 is 2. The molecule has 0 atom stereocenters. The number of carbonyl (C=O) groups excluding carboxylic acids is 1. The quantitative estimate of drug-likeness (QED) is 0.626. The largest absolute Gasteiger partial charge is 0.497 e. The Morgan fingerprint density at radius 3 is 2.84 bits per heavy atom. The minimum absolute atomic E-state index is 0.00363. The topological polar surface area (TPSA) is 74.6 Å². The second-order valence-electron chi connectivity index (χ2n) is 5.44. The zero-order valence-corrected chi connectivity index (χ0v) is 14.7. The lowest BCUT2D eigenvalue weighted by molar-refractivity contribution is -0.121. The van der Waals surface area contributed by atoms with Crippen molar-refractivity contribution in [3.8, 4) is 11.5 Å². The van der Waals surface area contributed by atoms with Crippen LogP contribution in [-0.4, -0.2) is 49.4 Å². The van der Waals surface area contributed by atoms with Crippen LogP contribution in [-0.2, 0) is 22.5 Å². The average molecular weight is 347 g/mol. The van der Waals surface area contributed by atoms with E-state index in [1.165, 1.54) is 0 Å². The summed E-state index contributed by atoms with van der Waals surface area (Å²) in [5.41, 5.74) is 0.982. The minimum Gasteiger partial charge on any atom is -0.497 e. The van der Waals surface area contributed by atoms with E-state index in [1.54, 1.807) is 26.7 Å². The van der Waals surface area contributed by atoms with Gasteiger partial charge in [-0.3, -0.25) is 4.79 Å². The maximum Gasteiger partial charge on any atom is 0.220 e. The predicted octanol–water partition coefficient (Wildman–Crippen LogP) is 1.67. The van der Waals surface area contributed by atoms with Crippen molar-refractivity contribution in [3.63, 3.8) is 0 Å². The zero-order chi connectivity index (χ0) is 17.9. The molecule has 0 unspecified atom stereocenters. The van der Waals surface area contributed by atoms with E-state index in [-0.39, 0.29) is 5.91 Å². The van der Waals surface area contributed by atoms with Crippen molar-refractivity contribution >= 4 is 5.91 Å². The Morgan fingerprint density at radius 1 is 1.24 bits per heavy atom. The Bertz CT molecular complexity index is 644. The Kier molecular flexibility index (Phi) is 7.78. The van der Waals surface area contributed by atoms with Gasteiger partial charge in [0.1, 0.15) is 11.5 Å². The van der Waals surface area contributed by atoms with E-state index in [1.807, 2.05) is 29.0 Å². The molecule has 1 aromatic heterocycles. The minimum atomic E-state index is -0.00363. The van der Waals surface area contributed by atoms with Gasteiger partial charge in [0, 0.05) is 38.0 Å². The van der Waals surface area contributed by atoms with Gasteiger partial charge in [0.25, 0.3) is 0 Å². The molecule has 0 radical (unpaired) electrons. The number of nitrogens with zero attached hydrogens (tertiary/aromatic N) is 2. The van der Waals surface area contributed by atoms with Crippen molar-refractivity contribution < 1.29 is 19.0 Å². The summed E-state index contributed by atoms with van der Waals surface area (Å²) in [6.07, 6.45) is 6.38. The van der Waals surface area contributed by atoms with E-state index in [9.17, 15) is 4.79 Å². The fraction of sp³-hybridized carbons (Fsp3) is 0.444. The third-order valence-corrected chi connectivity index (χ3v) is 3.74. The van der Waals surface area contributed by atoms with E-state index in [2.05, 4.69) is 10.3 Å². The van der Waals surface area contributed by atoms with Crippen LogP contribution in [0.3, 0.4) is 0 Å². The normalized spacial score (nSPS) is 10.5. The van der Waals surface area contributed by atoms with Crippen molar-refractivity contribution in [1.82, 2.24) is 14.9 Å². The fourth-order valence-corrected chi connectivity index (χ4v) is 2.35. The van der Waals surface area contributed by atoms with Crippen LogP contribution in [0, 0.1) is 0 Å². The number of aromatic nitrogens is 2. The van der Waals surface area contributed by atoms with E-state index in [4.69, 9.17) is 14.2 Å². The van der Waals surface area contributed by atoms with Gasteiger partial charge in [-0.2, -0.15) is 0 Å². The summed E-state index contributed by atoms with van der Waals surface area (Å²) in [5, 5.41) is 2.86. The summed E-state index contributed by atoms with van der Waals surface area (Å²) in [5.74, 6) is 1.46. The molecule has 0 aliphatic rings. The molecule has 1 N–H and O–H groups in total. The summed E-state index contributed by atoms with van der Waals surface area (Å²) >= 11 is 0. The molecule has 0 saturated heterocycles. The standard InChI is InChI=1S/C18H25N3O4/c1-23-16-5-3-15(17(13-16)24-2)4-6-18(22)20-8-11-25-12-10-21-9-7-19-14-21/h3,5,7,9,13-14H,4,6,8,10-12H2,1-2H3,(H,20,22). The fourth-order valence-electron chi connectivity index (χ4n) is 2.35. The first-order valence-corrected chi connectivity index (χ1v) is 8.24. The smallest absolute Gasteiger partial charge is 0.220 e. The van der Waals surface area contributed by atoms with Crippen molar-refractivity contribution in [2.75, 3.05) is 34.0 Å². The molecule has 1 aromatic carbocycles.